The Morgan fingerprint density at radius 2 is 2.32 bits per heavy atom. The van der Waals surface area contributed by atoms with Crippen molar-refractivity contribution in [3.05, 3.63) is 11.9 Å². The molecule has 1 aromatic rings. The highest BCUT2D eigenvalue weighted by Crippen LogP contribution is 2.42. The maximum absolute atomic E-state index is 12.7. The summed E-state index contributed by atoms with van der Waals surface area (Å²) in [5.74, 6) is 0.395. The van der Waals surface area contributed by atoms with Crippen molar-refractivity contribution in [2.45, 2.75) is 38.8 Å². The average molecular weight is 266 g/mol. The van der Waals surface area contributed by atoms with Gasteiger partial charge >= 0.3 is 0 Å². The summed E-state index contributed by atoms with van der Waals surface area (Å²) in [6, 6.07) is 0. The molecule has 6 heteroatoms. The van der Waals surface area contributed by atoms with Crippen molar-refractivity contribution in [1.82, 2.24) is 19.9 Å². The van der Waals surface area contributed by atoms with Gasteiger partial charge in [0.2, 0.25) is 0 Å². The van der Waals surface area contributed by atoms with Crippen LogP contribution in [-0.2, 0) is 23.1 Å². The molecule has 1 amide bonds. The van der Waals surface area contributed by atoms with E-state index in [0.29, 0.717) is 19.0 Å². The van der Waals surface area contributed by atoms with Gasteiger partial charge in [-0.05, 0) is 32.6 Å². The molecule has 1 aliphatic rings. The molecule has 0 N–H and O–H groups in total. The fraction of sp³-hybridized carbons (Fsp3) is 0.769. The number of likely N-dealkylation sites (N-methyl/N-ethyl adjacent to an activating group) is 1. The SMILES string of the molecule is CCN(Cc1cn(C)nn1)C(=O)C(C)(OC)C1CC1. The summed E-state index contributed by atoms with van der Waals surface area (Å²) in [4.78, 5) is 14.4. The Morgan fingerprint density at radius 3 is 2.74 bits per heavy atom. The zero-order chi connectivity index (χ0) is 14.0. The van der Waals surface area contributed by atoms with Crippen LogP contribution in [-0.4, -0.2) is 45.1 Å². The van der Waals surface area contributed by atoms with E-state index in [1.165, 1.54) is 0 Å². The van der Waals surface area contributed by atoms with Gasteiger partial charge < -0.3 is 9.64 Å². The van der Waals surface area contributed by atoms with Crippen molar-refractivity contribution in [2.24, 2.45) is 13.0 Å². The molecule has 106 valence electrons. The molecule has 1 aromatic heterocycles. The van der Waals surface area contributed by atoms with E-state index in [9.17, 15) is 4.79 Å². The molecule has 1 fully saturated rings. The number of nitrogens with zero attached hydrogens (tertiary/aromatic N) is 4. The predicted molar refractivity (Wildman–Crippen MR) is 70.2 cm³/mol. The maximum Gasteiger partial charge on any atom is 0.255 e. The quantitative estimate of drug-likeness (QED) is 0.770. The van der Waals surface area contributed by atoms with E-state index >= 15 is 0 Å². The van der Waals surface area contributed by atoms with Gasteiger partial charge in [-0.1, -0.05) is 5.21 Å². The second kappa shape index (κ2) is 5.28. The second-order valence-corrected chi connectivity index (χ2v) is 5.29. The van der Waals surface area contributed by atoms with E-state index in [1.54, 1.807) is 16.7 Å². The molecule has 6 nitrogen and oxygen atoms in total. The topological polar surface area (TPSA) is 60.2 Å². The lowest BCUT2D eigenvalue weighted by Crippen LogP contribution is -2.49. The second-order valence-electron chi connectivity index (χ2n) is 5.29. The van der Waals surface area contributed by atoms with Gasteiger partial charge in [0.15, 0.2) is 0 Å². The van der Waals surface area contributed by atoms with Gasteiger partial charge in [0.25, 0.3) is 5.91 Å². The molecular formula is C13H22N4O2. The molecule has 1 aliphatic carbocycles. The third-order valence-electron chi connectivity index (χ3n) is 3.88. The first-order chi connectivity index (χ1) is 9.01. The van der Waals surface area contributed by atoms with Crippen LogP contribution in [0.5, 0.6) is 0 Å². The van der Waals surface area contributed by atoms with E-state index in [1.807, 2.05) is 27.1 Å². The van der Waals surface area contributed by atoms with Crippen LogP contribution in [0.3, 0.4) is 0 Å². The van der Waals surface area contributed by atoms with Gasteiger partial charge in [-0.2, -0.15) is 0 Å². The predicted octanol–water partition coefficient (Wildman–Crippen LogP) is 0.979. The van der Waals surface area contributed by atoms with Crippen molar-refractivity contribution in [3.8, 4) is 0 Å². The van der Waals surface area contributed by atoms with Gasteiger partial charge in [0.05, 0.1) is 6.54 Å². The number of ether oxygens (including phenoxy) is 1. The molecule has 0 spiro atoms. The van der Waals surface area contributed by atoms with Gasteiger partial charge in [0.1, 0.15) is 11.3 Å². The monoisotopic (exact) mass is 266 g/mol. The smallest absolute Gasteiger partial charge is 0.255 e. The standard InChI is InChI=1S/C13H22N4O2/c1-5-17(9-11-8-16(3)15-14-11)12(18)13(2,19-4)10-6-7-10/h8,10H,5-7,9H2,1-4H3. The number of methoxy groups -OCH3 is 1. The summed E-state index contributed by atoms with van der Waals surface area (Å²) in [5, 5.41) is 7.92. The number of hydrogen-bond acceptors (Lipinski definition) is 4. The van der Waals surface area contributed by atoms with Gasteiger partial charge in [-0.15, -0.1) is 5.10 Å². The molecule has 0 radical (unpaired) electrons. The Hall–Kier alpha value is -1.43. The van der Waals surface area contributed by atoms with Crippen molar-refractivity contribution in [1.29, 1.82) is 0 Å². The van der Waals surface area contributed by atoms with Crippen LogP contribution >= 0.6 is 0 Å². The highest BCUT2D eigenvalue weighted by molar-refractivity contribution is 5.85. The molecule has 0 saturated heterocycles. The summed E-state index contributed by atoms with van der Waals surface area (Å²) in [5.41, 5.74) is 0.102. The third-order valence-corrected chi connectivity index (χ3v) is 3.88. The van der Waals surface area contributed by atoms with Crippen molar-refractivity contribution >= 4 is 5.91 Å². The number of amides is 1. The number of aryl methyl sites for hydroxylation is 1. The Kier molecular flexibility index (Phi) is 3.89. The van der Waals surface area contributed by atoms with Gasteiger partial charge in [-0.25, -0.2) is 0 Å². The lowest BCUT2D eigenvalue weighted by molar-refractivity contribution is -0.156. The third kappa shape index (κ3) is 2.78. The summed E-state index contributed by atoms with van der Waals surface area (Å²) in [7, 11) is 3.43. The molecule has 1 saturated carbocycles. The first-order valence-corrected chi connectivity index (χ1v) is 6.71. The van der Waals surface area contributed by atoms with E-state index < -0.39 is 5.60 Å². The Labute approximate surface area is 113 Å². The number of hydrogen-bond donors (Lipinski definition) is 0. The highest BCUT2D eigenvalue weighted by atomic mass is 16.5. The highest BCUT2D eigenvalue weighted by Gasteiger charge is 2.49. The van der Waals surface area contributed by atoms with E-state index in [2.05, 4.69) is 10.3 Å². The van der Waals surface area contributed by atoms with E-state index in [4.69, 9.17) is 4.74 Å². The van der Waals surface area contributed by atoms with Crippen LogP contribution in [0.1, 0.15) is 32.4 Å². The number of carbonyl (C=O) groups excluding carboxylic acids is 1. The minimum atomic E-state index is -0.696. The van der Waals surface area contributed by atoms with Crippen molar-refractivity contribution in [2.75, 3.05) is 13.7 Å². The van der Waals surface area contributed by atoms with Crippen LogP contribution in [0, 0.1) is 5.92 Å². The molecule has 0 bridgehead atoms. The molecule has 0 aromatic carbocycles. The van der Waals surface area contributed by atoms with E-state index in [0.717, 1.165) is 18.5 Å². The molecule has 19 heavy (non-hydrogen) atoms. The molecule has 0 aliphatic heterocycles. The number of rotatable bonds is 6. The maximum atomic E-state index is 12.7. The first kappa shape index (κ1) is 14.0. The number of aromatic nitrogens is 3. The van der Waals surface area contributed by atoms with E-state index in [-0.39, 0.29) is 5.91 Å². The molecule has 1 atom stereocenters. The Morgan fingerprint density at radius 1 is 1.63 bits per heavy atom. The van der Waals surface area contributed by atoms with Crippen molar-refractivity contribution < 1.29 is 9.53 Å². The lowest BCUT2D eigenvalue weighted by Gasteiger charge is -2.32. The van der Waals surface area contributed by atoms with Gasteiger partial charge in [0, 0.05) is 26.9 Å². The Bertz CT molecular complexity index is 455. The van der Waals surface area contributed by atoms with Gasteiger partial charge in [-0.3, -0.25) is 9.48 Å². The summed E-state index contributed by atoms with van der Waals surface area (Å²) < 4.78 is 7.16. The molecular weight excluding hydrogens is 244 g/mol. The van der Waals surface area contributed by atoms with Crippen LogP contribution in [0.4, 0.5) is 0 Å². The van der Waals surface area contributed by atoms with Crippen LogP contribution in [0.2, 0.25) is 0 Å². The van der Waals surface area contributed by atoms with Crippen LogP contribution < -0.4 is 0 Å². The normalized spacial score (nSPS) is 18.1. The largest absolute Gasteiger partial charge is 0.368 e. The fourth-order valence-electron chi connectivity index (χ4n) is 2.37. The first-order valence-electron chi connectivity index (χ1n) is 6.71. The minimum Gasteiger partial charge on any atom is -0.368 e. The summed E-state index contributed by atoms with van der Waals surface area (Å²) in [6.45, 7) is 4.99. The fourth-order valence-corrected chi connectivity index (χ4v) is 2.37. The number of carbonyl (C=O) groups is 1. The lowest BCUT2D eigenvalue weighted by atomic mass is 9.98. The average Bonchev–Trinajstić information content (AvgIpc) is 3.18. The zero-order valence-electron chi connectivity index (χ0n) is 12.1. The zero-order valence-corrected chi connectivity index (χ0v) is 12.1. The van der Waals surface area contributed by atoms with Crippen molar-refractivity contribution in [3.63, 3.8) is 0 Å². The Balaban J connectivity index is 2.10. The summed E-state index contributed by atoms with van der Waals surface area (Å²) in [6.07, 6.45) is 3.97. The molecule has 1 unspecified atom stereocenters. The minimum absolute atomic E-state index is 0.0469. The molecule has 2 rings (SSSR count). The van der Waals surface area contributed by atoms with Crippen LogP contribution in [0.15, 0.2) is 6.20 Å². The molecule has 1 heterocycles. The summed E-state index contributed by atoms with van der Waals surface area (Å²) >= 11 is 0. The van der Waals surface area contributed by atoms with Crippen LogP contribution in [0.25, 0.3) is 0 Å².